The molecule has 5 heterocycles. The van der Waals surface area contributed by atoms with Gasteiger partial charge in [-0.25, -0.2) is 9.97 Å². The third-order valence-corrected chi connectivity index (χ3v) is 12.3. The Kier molecular flexibility index (Phi) is 7.09. The lowest BCUT2D eigenvalue weighted by molar-refractivity contribution is 0.484. The fraction of sp³-hybridized carbons (Fsp3) is 0.0755. The Balaban J connectivity index is 1.14. The minimum atomic E-state index is 0.734. The predicted molar refractivity (Wildman–Crippen MR) is 243 cm³/mol. The van der Waals surface area contributed by atoms with Gasteiger partial charge in [-0.05, 0) is 150 Å². The van der Waals surface area contributed by atoms with Crippen LogP contribution in [0.4, 0.5) is 0 Å². The molecule has 0 saturated heterocycles. The molecule has 6 heteroatoms. The Morgan fingerprint density at radius 3 is 1.63 bits per heavy atom. The maximum absolute atomic E-state index is 6.86. The highest BCUT2D eigenvalue weighted by molar-refractivity contribution is 6.22. The second-order valence-electron chi connectivity index (χ2n) is 15.8. The van der Waals surface area contributed by atoms with Crippen molar-refractivity contribution in [2.75, 3.05) is 0 Å². The Morgan fingerprint density at radius 1 is 0.424 bits per heavy atom. The summed E-state index contributed by atoms with van der Waals surface area (Å²) >= 11 is 0. The molecule has 5 aromatic heterocycles. The number of para-hydroxylation sites is 4. The van der Waals surface area contributed by atoms with Crippen LogP contribution in [-0.4, -0.2) is 23.8 Å². The van der Waals surface area contributed by atoms with Crippen LogP contribution in [0.1, 0.15) is 22.3 Å². The van der Waals surface area contributed by atoms with Gasteiger partial charge >= 0.3 is 0 Å². The van der Waals surface area contributed by atoms with Gasteiger partial charge in [-0.1, -0.05) is 66.7 Å². The normalized spacial score (nSPS) is 12.1. The highest BCUT2D eigenvalue weighted by Gasteiger charge is 2.24. The van der Waals surface area contributed by atoms with E-state index < -0.39 is 0 Å². The van der Waals surface area contributed by atoms with Crippen LogP contribution in [0.5, 0.6) is 11.5 Å². The molecule has 0 radical (unpaired) electrons. The highest BCUT2D eigenvalue weighted by atomic mass is 16.5. The number of aromatic nitrogens is 5. The van der Waals surface area contributed by atoms with Crippen LogP contribution in [0.25, 0.3) is 99.0 Å². The third kappa shape index (κ3) is 4.83. The Bertz CT molecular complexity index is 3720. The molecule has 6 nitrogen and oxygen atoms in total. The van der Waals surface area contributed by atoms with E-state index in [1.807, 2.05) is 18.5 Å². The van der Waals surface area contributed by atoms with Crippen LogP contribution in [0.2, 0.25) is 0 Å². The van der Waals surface area contributed by atoms with Crippen molar-refractivity contribution in [1.82, 2.24) is 23.8 Å². The van der Waals surface area contributed by atoms with Crippen LogP contribution in [0.15, 0.2) is 152 Å². The van der Waals surface area contributed by atoms with Gasteiger partial charge in [0.1, 0.15) is 22.8 Å². The molecule has 7 aromatic carbocycles. The number of pyridine rings is 3. The molecule has 0 fully saturated rings. The van der Waals surface area contributed by atoms with Crippen molar-refractivity contribution in [2.24, 2.45) is 0 Å². The van der Waals surface area contributed by atoms with E-state index in [0.29, 0.717) is 0 Å². The monoisotopic (exact) mass is 759 g/mol. The average Bonchev–Trinajstić information content (AvgIpc) is 3.84. The lowest BCUT2D eigenvalue weighted by Gasteiger charge is -2.22. The fourth-order valence-electron chi connectivity index (χ4n) is 9.79. The quantitative estimate of drug-likeness (QED) is 0.168. The summed E-state index contributed by atoms with van der Waals surface area (Å²) in [5.41, 5.74) is 17.9. The summed E-state index contributed by atoms with van der Waals surface area (Å²) in [4.78, 5) is 14.9. The zero-order valence-electron chi connectivity index (χ0n) is 33.1. The molecule has 0 bridgehead atoms. The molecule has 0 unspecified atom stereocenters. The lowest BCUT2D eigenvalue weighted by Crippen LogP contribution is -2.00. The molecule has 0 aliphatic heterocycles. The Hall–Kier alpha value is -7.57. The molecule has 0 amide bonds. The van der Waals surface area contributed by atoms with Crippen LogP contribution in [0.3, 0.4) is 0 Å². The van der Waals surface area contributed by atoms with E-state index in [9.17, 15) is 0 Å². The number of fused-ring (bicyclic) bond motifs is 16. The fourth-order valence-corrected chi connectivity index (χ4v) is 9.79. The van der Waals surface area contributed by atoms with E-state index in [0.717, 1.165) is 82.8 Å². The minimum Gasteiger partial charge on any atom is -0.457 e. The van der Waals surface area contributed by atoms with Gasteiger partial charge in [0.2, 0.25) is 0 Å². The molecular weight excluding hydrogens is 723 g/mol. The average molecular weight is 760 g/mol. The maximum atomic E-state index is 6.86. The zero-order chi connectivity index (χ0) is 39.5. The van der Waals surface area contributed by atoms with Gasteiger partial charge in [0, 0.05) is 33.3 Å². The number of imidazole rings is 2. The van der Waals surface area contributed by atoms with E-state index >= 15 is 0 Å². The molecule has 12 rings (SSSR count). The number of rotatable bonds is 4. The van der Waals surface area contributed by atoms with Crippen LogP contribution in [-0.2, 0) is 0 Å². The molecular formula is C53H37N5O. The number of nitrogens with zero attached hydrogens (tertiary/aromatic N) is 5. The van der Waals surface area contributed by atoms with Crippen molar-refractivity contribution >= 4 is 76.7 Å². The molecule has 0 atom stereocenters. The summed E-state index contributed by atoms with van der Waals surface area (Å²) in [5, 5.41) is 6.59. The summed E-state index contributed by atoms with van der Waals surface area (Å²) in [6.07, 6.45) is 3.78. The van der Waals surface area contributed by atoms with Crippen molar-refractivity contribution in [3.63, 3.8) is 0 Å². The summed E-state index contributed by atoms with van der Waals surface area (Å²) < 4.78 is 11.4. The summed E-state index contributed by atoms with van der Waals surface area (Å²) in [5.74, 6) is 1.47. The molecule has 0 spiro atoms. The van der Waals surface area contributed by atoms with E-state index in [2.05, 4.69) is 175 Å². The van der Waals surface area contributed by atoms with Crippen LogP contribution in [0, 0.1) is 27.7 Å². The summed E-state index contributed by atoms with van der Waals surface area (Å²) in [7, 11) is 0. The van der Waals surface area contributed by atoms with Gasteiger partial charge in [-0.15, -0.1) is 0 Å². The molecule has 0 aliphatic carbocycles. The standard InChI is InChI=1S/C53H37N5O/c1-30-11-9-12-31(2)48(30)39-23-24-46-50(51(39)49-32(3)13-10-14-33(49)4)38-22-20-35(28-41(38)53-56-42-15-5-7-17-44(42)57(46)53)59-34-19-21-36-37-25-26-54-29-47(37)58-45-18-8-6-16-43(45)55-52(58)40(36)27-34/h5-29H,1-4H3. The Morgan fingerprint density at radius 2 is 0.983 bits per heavy atom. The minimum absolute atomic E-state index is 0.734. The first-order chi connectivity index (χ1) is 28.9. The van der Waals surface area contributed by atoms with Crippen molar-refractivity contribution in [3.8, 4) is 33.8 Å². The molecule has 0 aliphatic rings. The third-order valence-electron chi connectivity index (χ3n) is 12.3. The van der Waals surface area contributed by atoms with Crippen LogP contribution >= 0.6 is 0 Å². The van der Waals surface area contributed by atoms with Crippen molar-refractivity contribution in [2.45, 2.75) is 27.7 Å². The zero-order valence-corrected chi connectivity index (χ0v) is 33.1. The topological polar surface area (TPSA) is 56.7 Å². The maximum Gasteiger partial charge on any atom is 0.146 e. The second kappa shape index (κ2) is 12.5. The number of benzene rings is 7. The number of hydrogen-bond donors (Lipinski definition) is 0. The van der Waals surface area contributed by atoms with E-state index in [1.165, 1.54) is 49.9 Å². The van der Waals surface area contributed by atoms with Crippen LogP contribution < -0.4 is 4.74 Å². The van der Waals surface area contributed by atoms with Gasteiger partial charge < -0.3 is 4.74 Å². The van der Waals surface area contributed by atoms with Crippen molar-refractivity contribution in [1.29, 1.82) is 0 Å². The lowest BCUT2D eigenvalue weighted by atomic mass is 9.83. The molecule has 0 saturated carbocycles. The largest absolute Gasteiger partial charge is 0.457 e. The molecule has 0 N–H and O–H groups in total. The summed E-state index contributed by atoms with van der Waals surface area (Å²) in [6.45, 7) is 8.92. The number of ether oxygens (including phenoxy) is 1. The van der Waals surface area contributed by atoms with Gasteiger partial charge in [0.05, 0.1) is 39.3 Å². The van der Waals surface area contributed by atoms with E-state index in [4.69, 9.17) is 14.7 Å². The first-order valence-electron chi connectivity index (χ1n) is 20.1. The van der Waals surface area contributed by atoms with Gasteiger partial charge in [-0.2, -0.15) is 0 Å². The molecule has 280 valence electrons. The van der Waals surface area contributed by atoms with Crippen molar-refractivity contribution in [3.05, 3.63) is 174 Å². The highest BCUT2D eigenvalue weighted by Crippen LogP contribution is 2.47. The number of aryl methyl sites for hydroxylation is 4. The van der Waals surface area contributed by atoms with E-state index in [1.54, 1.807) is 0 Å². The van der Waals surface area contributed by atoms with E-state index in [-0.39, 0.29) is 0 Å². The van der Waals surface area contributed by atoms with Gasteiger partial charge in [-0.3, -0.25) is 13.8 Å². The molecule has 59 heavy (non-hydrogen) atoms. The predicted octanol–water partition coefficient (Wildman–Crippen LogP) is 13.7. The van der Waals surface area contributed by atoms with Gasteiger partial charge in [0.25, 0.3) is 0 Å². The number of hydrogen-bond acceptors (Lipinski definition) is 4. The Labute approximate surface area is 339 Å². The van der Waals surface area contributed by atoms with Gasteiger partial charge in [0.15, 0.2) is 0 Å². The first kappa shape index (κ1) is 33.6. The summed E-state index contributed by atoms with van der Waals surface area (Å²) in [6, 6.07) is 49.5. The first-order valence-corrected chi connectivity index (χ1v) is 20.1. The second-order valence-corrected chi connectivity index (χ2v) is 15.8. The SMILES string of the molecule is Cc1cccc(C)c1-c1ccc2c(c1-c1c(C)cccc1C)c1ccc(Oc3ccc4c5ccncc5n5c6ccccc6nc5c4c3)cc1c1nc3ccccc3n21. The van der Waals surface area contributed by atoms with Crippen molar-refractivity contribution < 1.29 is 4.74 Å². The smallest absolute Gasteiger partial charge is 0.146 e. The molecule has 12 aromatic rings.